The number of ether oxygens (including phenoxy) is 1. The number of amides is 1. The van der Waals surface area contributed by atoms with E-state index in [4.69, 9.17) is 9.84 Å². The van der Waals surface area contributed by atoms with Crippen LogP contribution in [0.5, 0.6) is 0 Å². The minimum atomic E-state index is -1.06. The molecule has 0 saturated carbocycles. The van der Waals surface area contributed by atoms with Gasteiger partial charge < -0.3 is 20.5 Å². The predicted octanol–water partition coefficient (Wildman–Crippen LogP) is 0.397. The van der Waals surface area contributed by atoms with Crippen molar-refractivity contribution in [2.75, 3.05) is 19.8 Å². The van der Waals surface area contributed by atoms with Crippen molar-refractivity contribution in [1.82, 2.24) is 15.6 Å². The zero-order valence-electron chi connectivity index (χ0n) is 11.1. The maximum Gasteiger partial charge on any atom is 0.355 e. The Hall–Kier alpha value is -1.51. The van der Waals surface area contributed by atoms with E-state index in [1.54, 1.807) is 6.92 Å². The van der Waals surface area contributed by atoms with Gasteiger partial charge in [0.25, 0.3) is 0 Å². The van der Waals surface area contributed by atoms with Crippen molar-refractivity contribution in [1.29, 1.82) is 0 Å². The van der Waals surface area contributed by atoms with Crippen molar-refractivity contribution in [2.45, 2.75) is 25.4 Å². The van der Waals surface area contributed by atoms with E-state index < -0.39 is 5.97 Å². The van der Waals surface area contributed by atoms with E-state index in [-0.39, 0.29) is 23.7 Å². The van der Waals surface area contributed by atoms with Crippen molar-refractivity contribution < 1.29 is 19.4 Å². The summed E-state index contributed by atoms with van der Waals surface area (Å²) in [4.78, 5) is 26.6. The first-order chi connectivity index (χ1) is 9.56. The fourth-order valence-corrected chi connectivity index (χ4v) is 2.72. The second-order valence-corrected chi connectivity index (χ2v) is 5.49. The predicted molar refractivity (Wildman–Crippen MR) is 72.9 cm³/mol. The molecule has 20 heavy (non-hydrogen) atoms. The van der Waals surface area contributed by atoms with E-state index in [0.717, 1.165) is 6.54 Å². The molecule has 1 amide bonds. The summed E-state index contributed by atoms with van der Waals surface area (Å²) < 4.78 is 5.28. The Labute approximate surface area is 120 Å². The van der Waals surface area contributed by atoms with Crippen LogP contribution in [0, 0.1) is 0 Å². The van der Waals surface area contributed by atoms with Gasteiger partial charge in [-0.1, -0.05) is 0 Å². The number of carbonyl (C=O) groups is 2. The third kappa shape index (κ3) is 3.99. The van der Waals surface area contributed by atoms with Gasteiger partial charge in [-0.15, -0.1) is 11.3 Å². The maximum absolute atomic E-state index is 11.9. The van der Waals surface area contributed by atoms with E-state index in [9.17, 15) is 9.59 Å². The van der Waals surface area contributed by atoms with E-state index in [2.05, 4.69) is 15.6 Å². The van der Waals surface area contributed by atoms with Gasteiger partial charge in [-0.2, -0.15) is 0 Å². The maximum atomic E-state index is 11.9. The summed E-state index contributed by atoms with van der Waals surface area (Å²) >= 11 is 1.23. The first kappa shape index (κ1) is 14.9. The number of carboxylic acids is 1. The molecule has 1 aliphatic rings. The molecule has 2 unspecified atom stereocenters. The zero-order chi connectivity index (χ0) is 14.5. The summed E-state index contributed by atoms with van der Waals surface area (Å²) in [6.45, 7) is 3.74. The lowest BCUT2D eigenvalue weighted by molar-refractivity contribution is -0.122. The number of morpholine rings is 1. The van der Waals surface area contributed by atoms with E-state index in [1.165, 1.54) is 16.7 Å². The lowest BCUT2D eigenvalue weighted by Crippen LogP contribution is -2.44. The van der Waals surface area contributed by atoms with Gasteiger partial charge >= 0.3 is 5.97 Å². The van der Waals surface area contributed by atoms with Gasteiger partial charge in [0.15, 0.2) is 5.69 Å². The van der Waals surface area contributed by atoms with Gasteiger partial charge in [-0.05, 0) is 6.92 Å². The summed E-state index contributed by atoms with van der Waals surface area (Å²) in [6.07, 6.45) is 0.335. The second kappa shape index (κ2) is 6.78. The summed E-state index contributed by atoms with van der Waals surface area (Å²) in [7, 11) is 0. The highest BCUT2D eigenvalue weighted by Gasteiger charge is 2.20. The number of thiazole rings is 1. The Kier molecular flexibility index (Phi) is 5.05. The number of hydrogen-bond donors (Lipinski definition) is 3. The van der Waals surface area contributed by atoms with Gasteiger partial charge in [-0.3, -0.25) is 4.79 Å². The molecule has 1 fully saturated rings. The smallest absolute Gasteiger partial charge is 0.355 e. The van der Waals surface area contributed by atoms with Gasteiger partial charge in [0.05, 0.1) is 19.3 Å². The monoisotopic (exact) mass is 299 g/mol. The molecule has 0 spiro atoms. The number of aromatic carboxylic acids is 1. The topological polar surface area (TPSA) is 101 Å². The van der Waals surface area contributed by atoms with Crippen molar-refractivity contribution in [3.8, 4) is 0 Å². The second-order valence-electron chi connectivity index (χ2n) is 4.60. The minimum absolute atomic E-state index is 0.00782. The Bertz CT molecular complexity index is 485. The van der Waals surface area contributed by atoms with Crippen LogP contribution in [0.3, 0.4) is 0 Å². The first-order valence-electron chi connectivity index (χ1n) is 6.35. The number of rotatable bonds is 5. The molecule has 1 saturated heterocycles. The summed E-state index contributed by atoms with van der Waals surface area (Å²) in [5, 5.41) is 16.9. The molecule has 8 heteroatoms. The molecular weight excluding hydrogens is 282 g/mol. The highest BCUT2D eigenvalue weighted by Crippen LogP contribution is 2.18. The number of carboxylic acid groups (broad SMARTS) is 1. The van der Waals surface area contributed by atoms with Crippen LogP contribution in [-0.4, -0.2) is 47.8 Å². The standard InChI is InChI=1S/C12H17N3O4S/c1-7(11-15-9(6-20-11)12(17)18)14-10(16)4-8-5-19-3-2-13-8/h6-8,13H,2-5H2,1H3,(H,14,16)(H,17,18). The highest BCUT2D eigenvalue weighted by atomic mass is 32.1. The Morgan fingerprint density at radius 2 is 2.50 bits per heavy atom. The van der Waals surface area contributed by atoms with Crippen LogP contribution >= 0.6 is 11.3 Å². The number of carbonyl (C=O) groups excluding carboxylic acids is 1. The molecule has 7 nitrogen and oxygen atoms in total. The average Bonchev–Trinajstić information content (AvgIpc) is 2.89. The normalized spacial score (nSPS) is 20.4. The van der Waals surface area contributed by atoms with Crippen LogP contribution in [0.2, 0.25) is 0 Å². The molecular formula is C12H17N3O4S. The van der Waals surface area contributed by atoms with Crippen molar-refractivity contribution in [3.05, 3.63) is 16.1 Å². The Morgan fingerprint density at radius 1 is 1.70 bits per heavy atom. The molecule has 0 aliphatic carbocycles. The molecule has 0 bridgehead atoms. The van der Waals surface area contributed by atoms with Gasteiger partial charge in [-0.25, -0.2) is 9.78 Å². The van der Waals surface area contributed by atoms with Crippen LogP contribution in [0.4, 0.5) is 0 Å². The van der Waals surface area contributed by atoms with Crippen molar-refractivity contribution in [3.63, 3.8) is 0 Å². The van der Waals surface area contributed by atoms with Crippen LogP contribution < -0.4 is 10.6 Å². The minimum Gasteiger partial charge on any atom is -0.476 e. The van der Waals surface area contributed by atoms with Crippen LogP contribution in [0.1, 0.15) is 34.9 Å². The number of nitrogens with one attached hydrogen (secondary N) is 2. The first-order valence-corrected chi connectivity index (χ1v) is 7.23. The molecule has 0 radical (unpaired) electrons. The van der Waals surface area contributed by atoms with Crippen LogP contribution in [0.15, 0.2) is 5.38 Å². The van der Waals surface area contributed by atoms with Gasteiger partial charge in [0.1, 0.15) is 5.01 Å². The van der Waals surface area contributed by atoms with E-state index in [0.29, 0.717) is 24.6 Å². The van der Waals surface area contributed by atoms with Crippen LogP contribution in [0.25, 0.3) is 0 Å². The van der Waals surface area contributed by atoms with E-state index >= 15 is 0 Å². The third-order valence-corrected chi connectivity index (χ3v) is 3.95. The highest BCUT2D eigenvalue weighted by molar-refractivity contribution is 7.09. The lowest BCUT2D eigenvalue weighted by atomic mass is 10.2. The SMILES string of the molecule is CC(NC(=O)CC1COCCN1)c1nc(C(=O)O)cs1. The zero-order valence-corrected chi connectivity index (χ0v) is 11.9. The molecule has 2 heterocycles. The molecule has 0 aromatic carbocycles. The average molecular weight is 299 g/mol. The molecule has 1 aromatic heterocycles. The summed E-state index contributed by atoms with van der Waals surface area (Å²) in [6, 6.07) is -0.271. The fourth-order valence-electron chi connectivity index (χ4n) is 1.92. The number of nitrogens with zero attached hydrogens (tertiary/aromatic N) is 1. The molecule has 1 aromatic rings. The molecule has 2 rings (SSSR count). The molecule has 3 N–H and O–H groups in total. The molecule has 1 aliphatic heterocycles. The largest absolute Gasteiger partial charge is 0.476 e. The Balaban J connectivity index is 1.84. The Morgan fingerprint density at radius 3 is 3.10 bits per heavy atom. The van der Waals surface area contributed by atoms with Gasteiger partial charge in [0.2, 0.25) is 5.91 Å². The third-order valence-electron chi connectivity index (χ3n) is 2.92. The molecule has 2 atom stereocenters. The quantitative estimate of drug-likeness (QED) is 0.727. The number of hydrogen-bond acceptors (Lipinski definition) is 6. The fraction of sp³-hybridized carbons (Fsp3) is 0.583. The summed E-state index contributed by atoms with van der Waals surface area (Å²) in [5.41, 5.74) is 0.00782. The molecule has 110 valence electrons. The van der Waals surface area contributed by atoms with E-state index in [1.807, 2.05) is 0 Å². The van der Waals surface area contributed by atoms with Crippen molar-refractivity contribution >= 4 is 23.2 Å². The van der Waals surface area contributed by atoms with Crippen molar-refractivity contribution in [2.24, 2.45) is 0 Å². The summed E-state index contributed by atoms with van der Waals surface area (Å²) in [5.74, 6) is -1.16. The lowest BCUT2D eigenvalue weighted by Gasteiger charge is -2.23. The van der Waals surface area contributed by atoms with Crippen LogP contribution in [-0.2, 0) is 9.53 Å². The number of aromatic nitrogens is 1. The van der Waals surface area contributed by atoms with Gasteiger partial charge in [0, 0.05) is 24.4 Å².